The van der Waals surface area contributed by atoms with Crippen LogP contribution in [0.1, 0.15) is 23.0 Å². The van der Waals surface area contributed by atoms with E-state index < -0.39 is 5.91 Å². The van der Waals surface area contributed by atoms with Crippen molar-refractivity contribution in [2.45, 2.75) is 13.8 Å². The van der Waals surface area contributed by atoms with E-state index in [4.69, 9.17) is 10.6 Å². The van der Waals surface area contributed by atoms with Crippen LogP contribution in [0, 0.1) is 6.92 Å². The van der Waals surface area contributed by atoms with E-state index in [-0.39, 0.29) is 0 Å². The number of aromatic nitrogens is 2. The Morgan fingerprint density at radius 2 is 2.30 bits per heavy atom. The molecule has 0 saturated heterocycles. The third kappa shape index (κ3) is 2.68. The third-order valence-corrected chi connectivity index (χ3v) is 3.30. The molecule has 106 valence electrons. The molecule has 0 aliphatic heterocycles. The number of carbonyl (C=O) groups is 1. The molecule has 0 atom stereocenters. The van der Waals surface area contributed by atoms with Crippen LogP contribution in [0.5, 0.6) is 5.75 Å². The molecule has 1 amide bonds. The monoisotopic (exact) mass is 338 g/mol. The normalized spacial score (nSPS) is 10.4. The van der Waals surface area contributed by atoms with Crippen LogP contribution in [0.2, 0.25) is 0 Å². The van der Waals surface area contributed by atoms with Crippen LogP contribution in [0.15, 0.2) is 22.7 Å². The number of amides is 1. The highest BCUT2D eigenvalue weighted by Gasteiger charge is 2.21. The van der Waals surface area contributed by atoms with Gasteiger partial charge in [-0.3, -0.25) is 15.3 Å². The molecular weight excluding hydrogens is 324 g/mol. The fourth-order valence-electron chi connectivity index (χ4n) is 1.94. The van der Waals surface area contributed by atoms with Crippen LogP contribution in [0.4, 0.5) is 0 Å². The number of rotatable bonds is 4. The first kappa shape index (κ1) is 14.5. The van der Waals surface area contributed by atoms with Crippen molar-refractivity contribution in [3.05, 3.63) is 33.9 Å². The van der Waals surface area contributed by atoms with Crippen molar-refractivity contribution in [3.8, 4) is 17.0 Å². The summed E-state index contributed by atoms with van der Waals surface area (Å²) in [7, 11) is 0. The zero-order valence-corrected chi connectivity index (χ0v) is 12.7. The van der Waals surface area contributed by atoms with Crippen LogP contribution < -0.4 is 16.0 Å². The van der Waals surface area contributed by atoms with Gasteiger partial charge in [0.2, 0.25) is 0 Å². The Morgan fingerprint density at radius 1 is 1.55 bits per heavy atom. The average molecular weight is 339 g/mol. The van der Waals surface area contributed by atoms with E-state index >= 15 is 0 Å². The van der Waals surface area contributed by atoms with Gasteiger partial charge in [0.05, 0.1) is 12.2 Å². The number of aryl methyl sites for hydroxylation is 1. The minimum Gasteiger partial charge on any atom is -0.493 e. The molecule has 0 fully saturated rings. The second-order valence-corrected chi connectivity index (χ2v) is 5.03. The van der Waals surface area contributed by atoms with Gasteiger partial charge in [0.25, 0.3) is 5.91 Å². The first-order valence-electron chi connectivity index (χ1n) is 6.07. The van der Waals surface area contributed by atoms with Gasteiger partial charge in [-0.05, 0) is 32.0 Å². The highest BCUT2D eigenvalue weighted by molar-refractivity contribution is 9.10. The molecule has 1 aromatic carbocycles. The molecule has 1 aromatic heterocycles. The number of H-pyrrole nitrogens is 1. The third-order valence-electron chi connectivity index (χ3n) is 2.80. The van der Waals surface area contributed by atoms with Crippen LogP contribution >= 0.6 is 15.9 Å². The number of hydrazine groups is 1. The van der Waals surface area contributed by atoms with Crippen molar-refractivity contribution >= 4 is 21.8 Å². The highest BCUT2D eigenvalue weighted by atomic mass is 79.9. The summed E-state index contributed by atoms with van der Waals surface area (Å²) in [5.41, 5.74) is 4.42. The molecule has 0 saturated carbocycles. The van der Waals surface area contributed by atoms with Gasteiger partial charge in [0.15, 0.2) is 0 Å². The maximum atomic E-state index is 11.9. The van der Waals surface area contributed by atoms with E-state index in [1.165, 1.54) is 0 Å². The van der Waals surface area contributed by atoms with E-state index in [2.05, 4.69) is 31.6 Å². The number of halogens is 1. The number of hydrogen-bond acceptors (Lipinski definition) is 4. The summed E-state index contributed by atoms with van der Waals surface area (Å²) in [5.74, 6) is 5.49. The van der Waals surface area contributed by atoms with Gasteiger partial charge >= 0.3 is 0 Å². The van der Waals surface area contributed by atoms with Crippen molar-refractivity contribution in [1.82, 2.24) is 15.6 Å². The van der Waals surface area contributed by atoms with Crippen molar-refractivity contribution in [2.75, 3.05) is 6.61 Å². The highest BCUT2D eigenvalue weighted by Crippen LogP contribution is 2.34. The second-order valence-electron chi connectivity index (χ2n) is 4.12. The van der Waals surface area contributed by atoms with Crippen LogP contribution in [-0.4, -0.2) is 22.7 Å². The van der Waals surface area contributed by atoms with E-state index in [1.807, 2.05) is 25.1 Å². The summed E-state index contributed by atoms with van der Waals surface area (Å²) < 4.78 is 6.46. The predicted octanol–water partition coefficient (Wildman–Crippen LogP) is 2.15. The Hall–Kier alpha value is -1.86. The molecule has 0 aliphatic rings. The number of nitrogens with two attached hydrogens (primary N) is 1. The predicted molar refractivity (Wildman–Crippen MR) is 79.3 cm³/mol. The second kappa shape index (κ2) is 6.06. The Balaban J connectivity index is 2.62. The summed E-state index contributed by atoms with van der Waals surface area (Å²) in [4.78, 5) is 11.9. The summed E-state index contributed by atoms with van der Waals surface area (Å²) in [6.45, 7) is 4.19. The lowest BCUT2D eigenvalue weighted by Crippen LogP contribution is -2.30. The van der Waals surface area contributed by atoms with Gasteiger partial charge in [0, 0.05) is 15.7 Å². The molecular formula is C13H15BrN4O2. The molecule has 0 spiro atoms. The number of nitrogens with one attached hydrogen (secondary N) is 2. The number of aromatic amines is 1. The number of nitrogen functional groups attached to an aromatic ring is 1. The van der Waals surface area contributed by atoms with E-state index in [0.717, 1.165) is 10.0 Å². The molecule has 6 nitrogen and oxygen atoms in total. The van der Waals surface area contributed by atoms with Crippen molar-refractivity contribution in [1.29, 1.82) is 0 Å². The number of benzene rings is 1. The molecule has 0 unspecified atom stereocenters. The lowest BCUT2D eigenvalue weighted by atomic mass is 10.0. The SMILES string of the molecule is CCOc1ccc(Br)cc1-c1n[nH]c(C)c1C(=O)NN. The van der Waals surface area contributed by atoms with Crippen molar-refractivity contribution in [2.24, 2.45) is 5.84 Å². The van der Waals surface area contributed by atoms with Crippen molar-refractivity contribution < 1.29 is 9.53 Å². The quantitative estimate of drug-likeness (QED) is 0.452. The molecule has 1 heterocycles. The molecule has 7 heteroatoms. The van der Waals surface area contributed by atoms with Gasteiger partial charge in [0.1, 0.15) is 11.4 Å². The lowest BCUT2D eigenvalue weighted by molar-refractivity contribution is 0.0954. The Morgan fingerprint density at radius 3 is 2.95 bits per heavy atom. The Bertz CT molecular complexity index is 639. The van der Waals surface area contributed by atoms with Gasteiger partial charge in [-0.1, -0.05) is 15.9 Å². The Labute approximate surface area is 124 Å². The minimum atomic E-state index is -0.395. The number of ether oxygens (including phenoxy) is 1. The Kier molecular flexibility index (Phi) is 4.41. The summed E-state index contributed by atoms with van der Waals surface area (Å²) in [6, 6.07) is 5.56. The number of nitrogens with zero attached hydrogens (tertiary/aromatic N) is 1. The largest absolute Gasteiger partial charge is 0.493 e. The van der Waals surface area contributed by atoms with Gasteiger partial charge in [-0.15, -0.1) is 0 Å². The fourth-order valence-corrected chi connectivity index (χ4v) is 2.30. The standard InChI is InChI=1S/C13H15BrN4O2/c1-3-20-10-5-4-8(14)6-9(10)12-11(13(19)16-15)7(2)17-18-12/h4-6H,3,15H2,1-2H3,(H,16,19)(H,17,18). The average Bonchev–Trinajstić information content (AvgIpc) is 2.82. The molecule has 0 aliphatic carbocycles. The summed E-state index contributed by atoms with van der Waals surface area (Å²) >= 11 is 3.41. The van der Waals surface area contributed by atoms with E-state index in [9.17, 15) is 4.79 Å². The van der Waals surface area contributed by atoms with Crippen LogP contribution in [0.3, 0.4) is 0 Å². The first-order chi connectivity index (χ1) is 9.58. The van der Waals surface area contributed by atoms with E-state index in [0.29, 0.717) is 29.3 Å². The number of hydrogen-bond donors (Lipinski definition) is 3. The lowest BCUT2D eigenvalue weighted by Gasteiger charge is -2.10. The topological polar surface area (TPSA) is 93.0 Å². The molecule has 4 N–H and O–H groups in total. The molecule has 20 heavy (non-hydrogen) atoms. The molecule has 0 bridgehead atoms. The van der Waals surface area contributed by atoms with Crippen LogP contribution in [0.25, 0.3) is 11.3 Å². The maximum absolute atomic E-state index is 11.9. The first-order valence-corrected chi connectivity index (χ1v) is 6.86. The zero-order valence-electron chi connectivity index (χ0n) is 11.2. The maximum Gasteiger partial charge on any atom is 0.269 e. The smallest absolute Gasteiger partial charge is 0.269 e. The summed E-state index contributed by atoms with van der Waals surface area (Å²) in [5, 5.41) is 7.00. The number of carbonyl (C=O) groups excluding carboxylic acids is 1. The van der Waals surface area contributed by atoms with Crippen molar-refractivity contribution in [3.63, 3.8) is 0 Å². The van der Waals surface area contributed by atoms with Gasteiger partial charge in [-0.25, -0.2) is 5.84 Å². The van der Waals surface area contributed by atoms with Gasteiger partial charge < -0.3 is 4.74 Å². The van der Waals surface area contributed by atoms with Gasteiger partial charge in [-0.2, -0.15) is 5.10 Å². The summed E-state index contributed by atoms with van der Waals surface area (Å²) in [6.07, 6.45) is 0. The zero-order chi connectivity index (χ0) is 14.7. The van der Waals surface area contributed by atoms with E-state index in [1.54, 1.807) is 6.92 Å². The molecule has 2 aromatic rings. The minimum absolute atomic E-state index is 0.395. The van der Waals surface area contributed by atoms with Crippen LogP contribution in [-0.2, 0) is 0 Å². The molecule has 2 rings (SSSR count). The molecule has 0 radical (unpaired) electrons. The fraction of sp³-hybridized carbons (Fsp3) is 0.231.